The number of benzene rings is 2. The number of ether oxygens (including phenoxy) is 1. The molecular weight excluding hydrogens is 462 g/mol. The van der Waals surface area contributed by atoms with Gasteiger partial charge in [0, 0.05) is 25.4 Å². The van der Waals surface area contributed by atoms with E-state index in [1.54, 1.807) is 12.1 Å². The summed E-state index contributed by atoms with van der Waals surface area (Å²) >= 11 is 0. The normalized spacial score (nSPS) is 11.9. The van der Waals surface area contributed by atoms with Gasteiger partial charge in [0.25, 0.3) is 0 Å². The van der Waals surface area contributed by atoms with Crippen LogP contribution >= 0.6 is 0 Å². The molecule has 0 amide bonds. The molecule has 0 unspecified atom stereocenters. The zero-order chi connectivity index (χ0) is 25.0. The first kappa shape index (κ1) is 24.8. The molecule has 3 N–H and O–H groups in total. The van der Waals surface area contributed by atoms with Crippen LogP contribution in [0.3, 0.4) is 0 Å². The van der Waals surface area contributed by atoms with Gasteiger partial charge < -0.3 is 15.0 Å². The van der Waals surface area contributed by atoms with Crippen molar-refractivity contribution in [2.45, 2.75) is 45.2 Å². The number of aromatic nitrogens is 3. The highest BCUT2D eigenvalue weighted by Gasteiger charge is 2.18. The highest BCUT2D eigenvalue weighted by Crippen LogP contribution is 2.27. The monoisotopic (exact) mass is 493 g/mol. The predicted molar refractivity (Wildman–Crippen MR) is 138 cm³/mol. The number of hydrogen-bond donors (Lipinski definition) is 2. The van der Waals surface area contributed by atoms with Gasteiger partial charge in [-0.2, -0.15) is 0 Å². The van der Waals surface area contributed by atoms with Gasteiger partial charge in [0.2, 0.25) is 10.0 Å². The average molecular weight is 494 g/mol. The summed E-state index contributed by atoms with van der Waals surface area (Å²) in [5.74, 6) is 1.14. The fourth-order valence-corrected chi connectivity index (χ4v) is 5.15. The van der Waals surface area contributed by atoms with Crippen molar-refractivity contribution in [3.05, 3.63) is 71.7 Å². The van der Waals surface area contributed by atoms with Gasteiger partial charge in [-0.25, -0.2) is 23.1 Å². The minimum atomic E-state index is -3.62. The minimum absolute atomic E-state index is 0.243. The summed E-state index contributed by atoms with van der Waals surface area (Å²) in [5, 5.41) is 0. The van der Waals surface area contributed by atoms with Crippen LogP contribution in [0.1, 0.15) is 30.4 Å². The van der Waals surface area contributed by atoms with Crippen molar-refractivity contribution in [2.75, 3.05) is 18.9 Å². The Labute approximate surface area is 206 Å². The van der Waals surface area contributed by atoms with Crippen LogP contribution in [-0.2, 0) is 27.9 Å². The van der Waals surface area contributed by atoms with E-state index >= 15 is 0 Å². The smallest absolute Gasteiger partial charge is 0.240 e. The summed E-state index contributed by atoms with van der Waals surface area (Å²) in [7, 11) is -3.62. The Morgan fingerprint density at radius 3 is 2.37 bits per heavy atom. The number of nitrogens with two attached hydrogens (primary N) is 1. The SMILES string of the molecule is CCOCc1nc2c(N)nc(C)c(C)c2n1CCCNS(=O)(=O)c1ccc(-c2ccccc2)cc1. The van der Waals surface area contributed by atoms with Crippen LogP contribution in [0.4, 0.5) is 5.82 Å². The number of imidazole rings is 1. The van der Waals surface area contributed by atoms with Crippen molar-refractivity contribution in [2.24, 2.45) is 0 Å². The molecule has 9 heteroatoms. The lowest BCUT2D eigenvalue weighted by molar-refractivity contribution is 0.126. The number of nitrogens with one attached hydrogen (secondary N) is 1. The molecule has 0 radical (unpaired) electrons. The van der Waals surface area contributed by atoms with E-state index in [-0.39, 0.29) is 11.4 Å². The molecule has 4 aromatic rings. The summed E-state index contributed by atoms with van der Waals surface area (Å²) in [4.78, 5) is 9.31. The number of nitrogens with zero attached hydrogens (tertiary/aromatic N) is 3. The number of rotatable bonds is 10. The molecule has 0 spiro atoms. The maximum atomic E-state index is 12.8. The Balaban J connectivity index is 1.46. The van der Waals surface area contributed by atoms with Gasteiger partial charge in [-0.1, -0.05) is 42.5 Å². The second kappa shape index (κ2) is 10.6. The van der Waals surface area contributed by atoms with E-state index in [1.807, 2.05) is 63.2 Å². The minimum Gasteiger partial charge on any atom is -0.382 e. The Bertz CT molecular complexity index is 1420. The Morgan fingerprint density at radius 2 is 1.69 bits per heavy atom. The van der Waals surface area contributed by atoms with Crippen LogP contribution in [0.25, 0.3) is 22.2 Å². The Kier molecular flexibility index (Phi) is 7.49. The van der Waals surface area contributed by atoms with Crippen LogP contribution in [0, 0.1) is 13.8 Å². The lowest BCUT2D eigenvalue weighted by atomic mass is 10.1. The first-order valence-electron chi connectivity index (χ1n) is 11.7. The molecule has 2 heterocycles. The topological polar surface area (TPSA) is 112 Å². The largest absolute Gasteiger partial charge is 0.382 e. The van der Waals surface area contributed by atoms with Crippen molar-refractivity contribution in [1.82, 2.24) is 19.3 Å². The molecule has 0 saturated heterocycles. The Hall–Kier alpha value is -3.27. The highest BCUT2D eigenvalue weighted by molar-refractivity contribution is 7.89. The Morgan fingerprint density at radius 1 is 1.00 bits per heavy atom. The fourth-order valence-electron chi connectivity index (χ4n) is 4.08. The number of hydrogen-bond acceptors (Lipinski definition) is 6. The lowest BCUT2D eigenvalue weighted by Crippen LogP contribution is -2.25. The van der Waals surface area contributed by atoms with Crippen LogP contribution < -0.4 is 10.5 Å². The average Bonchev–Trinajstić information content (AvgIpc) is 3.23. The van der Waals surface area contributed by atoms with Crippen molar-refractivity contribution in [3.63, 3.8) is 0 Å². The first-order valence-corrected chi connectivity index (χ1v) is 13.1. The first-order chi connectivity index (χ1) is 16.8. The third kappa shape index (κ3) is 5.37. The molecule has 0 aliphatic rings. The molecule has 0 saturated carbocycles. The van der Waals surface area contributed by atoms with Gasteiger partial charge in [0.15, 0.2) is 5.82 Å². The van der Waals surface area contributed by atoms with Crippen LogP contribution in [0.15, 0.2) is 59.5 Å². The summed E-state index contributed by atoms with van der Waals surface area (Å²) in [5.41, 5.74) is 11.6. The van der Waals surface area contributed by atoms with Crippen LogP contribution in [-0.4, -0.2) is 36.1 Å². The van der Waals surface area contributed by atoms with Gasteiger partial charge >= 0.3 is 0 Å². The molecule has 184 valence electrons. The van der Waals surface area contributed by atoms with Gasteiger partial charge in [0.1, 0.15) is 17.9 Å². The quantitative estimate of drug-likeness (QED) is 0.320. The second-order valence-electron chi connectivity index (χ2n) is 8.36. The predicted octanol–water partition coefficient (Wildman–Crippen LogP) is 4.20. The third-order valence-electron chi connectivity index (χ3n) is 6.03. The van der Waals surface area contributed by atoms with E-state index in [9.17, 15) is 8.42 Å². The van der Waals surface area contributed by atoms with Crippen LogP contribution in [0.2, 0.25) is 0 Å². The molecular formula is C26H31N5O3S. The van der Waals surface area contributed by atoms with E-state index in [0.717, 1.165) is 33.7 Å². The summed E-state index contributed by atoms with van der Waals surface area (Å²) in [6.45, 7) is 7.61. The molecule has 8 nitrogen and oxygen atoms in total. The summed E-state index contributed by atoms with van der Waals surface area (Å²) in [6, 6.07) is 16.8. The van der Waals surface area contributed by atoms with Crippen molar-refractivity contribution in [3.8, 4) is 11.1 Å². The van der Waals surface area contributed by atoms with E-state index in [0.29, 0.717) is 37.5 Å². The number of anilines is 1. The van der Waals surface area contributed by atoms with Gasteiger partial charge in [-0.05, 0) is 56.0 Å². The summed E-state index contributed by atoms with van der Waals surface area (Å²) in [6.07, 6.45) is 0.576. The second-order valence-corrected chi connectivity index (χ2v) is 10.1. The van der Waals surface area contributed by atoms with Gasteiger partial charge in [-0.3, -0.25) is 0 Å². The number of nitrogen functional groups attached to an aromatic ring is 1. The maximum Gasteiger partial charge on any atom is 0.240 e. The molecule has 2 aromatic carbocycles. The fraction of sp³-hybridized carbons (Fsp3) is 0.308. The van der Waals surface area contributed by atoms with E-state index in [1.165, 1.54) is 0 Å². The molecule has 0 aliphatic carbocycles. The highest BCUT2D eigenvalue weighted by atomic mass is 32.2. The molecule has 0 fully saturated rings. The summed E-state index contributed by atoms with van der Waals surface area (Å²) < 4.78 is 36.0. The number of sulfonamides is 1. The van der Waals surface area contributed by atoms with Crippen LogP contribution in [0.5, 0.6) is 0 Å². The zero-order valence-electron chi connectivity index (χ0n) is 20.3. The zero-order valence-corrected chi connectivity index (χ0v) is 21.1. The standard InChI is InChI=1S/C26H31N5O3S/c1-4-34-17-23-30-24-25(18(2)19(3)29-26(24)27)31(23)16-8-15-28-35(32,33)22-13-11-21(12-14-22)20-9-6-5-7-10-20/h5-7,9-14,28H,4,8,15-17H2,1-3H3,(H2,27,29). The lowest BCUT2D eigenvalue weighted by Gasteiger charge is -2.13. The van der Waals surface area contributed by atoms with Crippen molar-refractivity contribution >= 4 is 26.9 Å². The van der Waals surface area contributed by atoms with Gasteiger partial charge in [-0.15, -0.1) is 0 Å². The molecule has 4 rings (SSSR count). The number of fused-ring (bicyclic) bond motifs is 1. The molecule has 0 atom stereocenters. The van der Waals surface area contributed by atoms with Crippen molar-refractivity contribution < 1.29 is 13.2 Å². The van der Waals surface area contributed by atoms with E-state index in [2.05, 4.69) is 19.3 Å². The van der Waals surface area contributed by atoms with E-state index < -0.39 is 10.0 Å². The third-order valence-corrected chi connectivity index (χ3v) is 7.51. The van der Waals surface area contributed by atoms with E-state index in [4.69, 9.17) is 10.5 Å². The molecule has 0 aliphatic heterocycles. The molecule has 2 aromatic heterocycles. The van der Waals surface area contributed by atoms with Crippen molar-refractivity contribution in [1.29, 1.82) is 0 Å². The molecule has 0 bridgehead atoms. The van der Waals surface area contributed by atoms with Gasteiger partial charge in [0.05, 0.1) is 10.4 Å². The number of aryl methyl sites for hydroxylation is 3. The number of pyridine rings is 1. The molecule has 35 heavy (non-hydrogen) atoms. The maximum absolute atomic E-state index is 12.8.